The zero-order valence-corrected chi connectivity index (χ0v) is 69.9. The highest BCUT2D eigenvalue weighted by Crippen LogP contribution is 2.33. The number of rotatable bonds is 99. The van der Waals surface area contributed by atoms with Crippen molar-refractivity contribution in [1.82, 2.24) is 10.4 Å². The van der Waals surface area contributed by atoms with Gasteiger partial charge in [0.05, 0.1) is 324 Å². The largest absolute Gasteiger partial charge is 0.481 e. The fourth-order valence-corrected chi connectivity index (χ4v) is 10.7. The fraction of sp³-hybridized carbons (Fsp3) is 0.925. The third-order valence-electron chi connectivity index (χ3n) is 17.0. The van der Waals surface area contributed by atoms with E-state index in [1.54, 1.807) is 0 Å². The van der Waals surface area contributed by atoms with Gasteiger partial charge in [-0.25, -0.2) is 4.79 Å². The number of amides is 3. The summed E-state index contributed by atoms with van der Waals surface area (Å²) in [6, 6.07) is 0. The predicted molar refractivity (Wildman–Crippen MR) is 420 cm³/mol. The van der Waals surface area contributed by atoms with E-state index in [1.165, 1.54) is 32.1 Å². The third kappa shape index (κ3) is 77.2. The van der Waals surface area contributed by atoms with E-state index in [0.717, 1.165) is 57.8 Å². The van der Waals surface area contributed by atoms with Crippen LogP contribution in [0.25, 0.3) is 0 Å². The van der Waals surface area contributed by atoms with Crippen LogP contribution in [0.3, 0.4) is 0 Å². The van der Waals surface area contributed by atoms with Gasteiger partial charge in [0.15, 0.2) is 0 Å². The lowest BCUT2D eigenvalue weighted by atomic mass is 9.76. The molecule has 678 valence electrons. The van der Waals surface area contributed by atoms with E-state index in [1.807, 2.05) is 0 Å². The lowest BCUT2D eigenvalue weighted by Gasteiger charge is -2.28. The van der Waals surface area contributed by atoms with Gasteiger partial charge >= 0.3 is 17.9 Å². The van der Waals surface area contributed by atoms with Crippen LogP contribution >= 0.6 is 0 Å². The van der Waals surface area contributed by atoms with Crippen molar-refractivity contribution < 1.29 is 158 Å². The SMILES string of the molecule is CCCCCCCCCCC[C@@](CCCCCCCCCCC(=O)O)(C(=O)O)C(=O)NCCOCCOCCOCCOCCOCCOCCOCCOCCOCCOCCOCCOCCOCCOCCOCCOCCOCCOCCOCCOCCOCCOCCOCCOCCC(=O)ON1C(=O)CCC1=O. The van der Waals surface area contributed by atoms with Crippen molar-refractivity contribution in [3.05, 3.63) is 0 Å². The number of carbonyl (C=O) groups excluding carboxylic acids is 4. The molecule has 0 radical (unpaired) electrons. The molecule has 0 aromatic rings. The topological polar surface area (TPSA) is 389 Å². The highest BCUT2D eigenvalue weighted by Gasteiger charge is 2.45. The molecule has 3 N–H and O–H groups in total. The zero-order valence-electron chi connectivity index (χ0n) is 69.9. The molecule has 1 saturated heterocycles. The van der Waals surface area contributed by atoms with Gasteiger partial charge in [0.2, 0.25) is 5.91 Å². The highest BCUT2D eigenvalue weighted by atomic mass is 16.7. The van der Waals surface area contributed by atoms with Gasteiger partial charge in [0.1, 0.15) is 5.41 Å². The smallest absolute Gasteiger partial charge is 0.335 e. The summed E-state index contributed by atoms with van der Waals surface area (Å²) in [6.45, 7) is 22.9. The zero-order chi connectivity index (χ0) is 82.8. The number of imide groups is 1. The minimum absolute atomic E-state index is 0.0490. The summed E-state index contributed by atoms with van der Waals surface area (Å²) in [6.07, 6.45) is 18.0. The molecule has 115 heavy (non-hydrogen) atoms. The molecule has 1 aliphatic heterocycles. The Labute approximate surface area is 684 Å². The van der Waals surface area contributed by atoms with E-state index in [2.05, 4.69) is 12.2 Å². The molecule has 0 aromatic carbocycles. The standard InChI is InChI=1S/C80H150N2O33/c1-2-3-4-5-6-8-11-14-17-23-80(79(89)90,24-18-15-12-9-7-10-13-16-19-76(85)86)78(88)81-25-27-92-29-31-94-33-35-96-37-39-98-41-43-100-45-47-102-49-51-104-53-55-106-57-59-108-61-63-110-65-67-112-69-71-114-73-72-113-70-68-111-66-64-109-62-60-107-58-56-105-54-52-103-50-48-101-46-44-99-42-40-97-38-36-95-34-32-93-30-28-91-26-22-77(87)115-82-74(83)20-21-75(82)84/h2-73H2,1H3,(H,81,88)(H,85,86)(H,89,90)/t80-/m0/s1. The van der Waals surface area contributed by atoms with E-state index < -0.39 is 41.0 Å². The van der Waals surface area contributed by atoms with Crippen molar-refractivity contribution in [1.29, 1.82) is 0 Å². The first-order chi connectivity index (χ1) is 56.6. The van der Waals surface area contributed by atoms with Crippen molar-refractivity contribution in [3.63, 3.8) is 0 Å². The summed E-state index contributed by atoms with van der Waals surface area (Å²) in [5.41, 5.74) is -1.46. The van der Waals surface area contributed by atoms with Gasteiger partial charge in [0, 0.05) is 25.8 Å². The molecule has 3 amide bonds. The van der Waals surface area contributed by atoms with Crippen LogP contribution in [0.4, 0.5) is 0 Å². The van der Waals surface area contributed by atoms with Gasteiger partial charge in [-0.15, -0.1) is 5.06 Å². The minimum Gasteiger partial charge on any atom is -0.481 e. The maximum absolute atomic E-state index is 13.6. The molecule has 1 fully saturated rings. The highest BCUT2D eigenvalue weighted by molar-refractivity contribution is 6.02. The van der Waals surface area contributed by atoms with E-state index in [0.29, 0.717) is 334 Å². The fourth-order valence-electron chi connectivity index (χ4n) is 10.7. The number of carboxylic acids is 2. The van der Waals surface area contributed by atoms with Crippen LogP contribution in [0, 0.1) is 5.41 Å². The number of unbranched alkanes of at least 4 members (excludes halogenated alkanes) is 15. The molecule has 0 unspecified atom stereocenters. The number of carbonyl (C=O) groups is 6. The van der Waals surface area contributed by atoms with Gasteiger partial charge in [-0.3, -0.25) is 24.0 Å². The summed E-state index contributed by atoms with van der Waals surface area (Å²) in [7, 11) is 0. The Bertz CT molecular complexity index is 2120. The quantitative estimate of drug-likeness (QED) is 0.0333. The van der Waals surface area contributed by atoms with E-state index in [9.17, 15) is 33.9 Å². The van der Waals surface area contributed by atoms with Crippen molar-refractivity contribution in [2.75, 3.05) is 324 Å². The number of hydrogen-bond donors (Lipinski definition) is 3. The molecule has 35 heteroatoms. The molecule has 0 aliphatic carbocycles. The second kappa shape index (κ2) is 89.3. The number of hydroxylamine groups is 2. The van der Waals surface area contributed by atoms with Crippen LogP contribution in [0.1, 0.15) is 155 Å². The molecule has 0 saturated carbocycles. The van der Waals surface area contributed by atoms with Gasteiger partial charge in [0.25, 0.3) is 11.8 Å². The number of ether oxygens (including phenoxy) is 24. The third-order valence-corrected chi connectivity index (χ3v) is 17.0. The van der Waals surface area contributed by atoms with E-state index >= 15 is 0 Å². The monoisotopic (exact) mass is 1670 g/mol. The van der Waals surface area contributed by atoms with Crippen molar-refractivity contribution in [2.45, 2.75) is 155 Å². The maximum Gasteiger partial charge on any atom is 0.335 e. The Morgan fingerprint density at radius 3 is 0.696 bits per heavy atom. The average Bonchev–Trinajstić information content (AvgIpc) is 1.49. The number of nitrogens with zero attached hydrogens (tertiary/aromatic N) is 1. The van der Waals surface area contributed by atoms with Crippen LogP contribution in [-0.4, -0.2) is 375 Å². The Kier molecular flexibility index (Phi) is 84.7. The first-order valence-electron chi connectivity index (χ1n) is 42.3. The minimum atomic E-state index is -1.46. The Morgan fingerprint density at radius 2 is 0.478 bits per heavy atom. The average molecular weight is 1670 g/mol. The molecule has 0 bridgehead atoms. The molecule has 0 aromatic heterocycles. The number of aliphatic carboxylic acids is 2. The molecule has 1 aliphatic rings. The van der Waals surface area contributed by atoms with Crippen LogP contribution in [0.5, 0.6) is 0 Å². The normalized spacial score (nSPS) is 12.9. The lowest BCUT2D eigenvalue weighted by molar-refractivity contribution is -0.198. The van der Waals surface area contributed by atoms with Gasteiger partial charge in [-0.1, -0.05) is 110 Å². The second-order valence-electron chi connectivity index (χ2n) is 26.4. The van der Waals surface area contributed by atoms with Crippen LogP contribution in [-0.2, 0) is 147 Å². The predicted octanol–water partition coefficient (Wildman–Crippen LogP) is 6.48. The van der Waals surface area contributed by atoms with E-state index in [4.69, 9.17) is 124 Å². The van der Waals surface area contributed by atoms with Gasteiger partial charge < -0.3 is 134 Å². The summed E-state index contributed by atoms with van der Waals surface area (Å²) in [5, 5.41) is 22.7. The number of nitrogens with one attached hydrogen (secondary N) is 1. The molecule has 1 heterocycles. The van der Waals surface area contributed by atoms with Crippen LogP contribution in [0.15, 0.2) is 0 Å². The first-order valence-corrected chi connectivity index (χ1v) is 42.3. The molecular formula is C80H150N2O33. The van der Waals surface area contributed by atoms with Crippen molar-refractivity contribution in [3.8, 4) is 0 Å². The van der Waals surface area contributed by atoms with Crippen LogP contribution in [0.2, 0.25) is 0 Å². The van der Waals surface area contributed by atoms with Gasteiger partial charge in [-0.2, -0.15) is 0 Å². The van der Waals surface area contributed by atoms with Crippen LogP contribution < -0.4 is 5.32 Å². The second-order valence-corrected chi connectivity index (χ2v) is 26.4. The molecule has 0 spiro atoms. The lowest BCUT2D eigenvalue weighted by Crippen LogP contribution is -2.47. The molecular weight excluding hydrogens is 1520 g/mol. The Hall–Kier alpha value is -3.94. The number of hydrogen-bond acceptors (Lipinski definition) is 31. The summed E-state index contributed by atoms with van der Waals surface area (Å²) in [4.78, 5) is 76.5. The Balaban J connectivity index is 1.72. The summed E-state index contributed by atoms with van der Waals surface area (Å²) < 4.78 is 133. The van der Waals surface area contributed by atoms with Gasteiger partial charge in [-0.05, 0) is 19.3 Å². The molecule has 1 rings (SSSR count). The molecule has 1 atom stereocenters. The molecule has 35 nitrogen and oxygen atoms in total. The first kappa shape index (κ1) is 109. The maximum atomic E-state index is 13.6. The summed E-state index contributed by atoms with van der Waals surface area (Å²) >= 11 is 0. The van der Waals surface area contributed by atoms with Crippen molar-refractivity contribution >= 4 is 35.6 Å². The summed E-state index contributed by atoms with van der Waals surface area (Å²) in [5.74, 6) is -3.99. The Morgan fingerprint density at radius 1 is 0.278 bits per heavy atom. The van der Waals surface area contributed by atoms with E-state index in [-0.39, 0.29) is 52.0 Å². The van der Waals surface area contributed by atoms with Crippen molar-refractivity contribution in [2.24, 2.45) is 5.41 Å². The number of carboxylic acid groups (broad SMARTS) is 2.